The summed E-state index contributed by atoms with van der Waals surface area (Å²) in [6.45, 7) is 2.94. The Morgan fingerprint density at radius 2 is 0.281 bits per heavy atom. The van der Waals surface area contributed by atoms with Crippen LogP contribution < -0.4 is 39.2 Å². The molecule has 10 heteroatoms. The van der Waals surface area contributed by atoms with Crippen LogP contribution in [0.4, 0.5) is 45.5 Å². The minimum atomic E-state index is 0.736. The topological polar surface area (TPSA) is 51.7 Å². The Morgan fingerprint density at radius 1 is 0.133 bits per heavy atom. The summed E-state index contributed by atoms with van der Waals surface area (Å²) in [7, 11) is 0. The van der Waals surface area contributed by atoms with Crippen molar-refractivity contribution in [3.63, 3.8) is 0 Å². The van der Waals surface area contributed by atoms with Gasteiger partial charge in [0.15, 0.2) is 0 Å². The molecule has 0 saturated heterocycles. The van der Waals surface area contributed by atoms with Crippen LogP contribution in [0.1, 0.15) is 0 Å². The third kappa shape index (κ3) is 15.7. The van der Waals surface area contributed by atoms with E-state index in [4.69, 9.17) is 9.97 Å². The van der Waals surface area contributed by atoms with Gasteiger partial charge in [0.25, 0.3) is 0 Å². The van der Waals surface area contributed by atoms with Gasteiger partial charge < -0.3 is 39.2 Å². The highest BCUT2D eigenvalue weighted by Gasteiger charge is 2.25. The van der Waals surface area contributed by atoms with E-state index < -0.39 is 0 Å². The van der Waals surface area contributed by atoms with Crippen LogP contribution in [0.3, 0.4) is 0 Å². The second-order valence-corrected chi connectivity index (χ2v) is 32.8. The van der Waals surface area contributed by atoms with Gasteiger partial charge in [-0.3, -0.25) is 9.97 Å². The number of rotatable bonds is 21. The largest absolute Gasteiger partial charge is 0.328 e. The molecule has 0 aliphatic carbocycles. The lowest BCUT2D eigenvalue weighted by molar-refractivity contribution is 0.976. The number of para-hydroxylation sites is 4. The first-order chi connectivity index (χ1) is 63.4. The van der Waals surface area contributed by atoms with E-state index in [-0.39, 0.29) is 0 Å². The summed E-state index contributed by atoms with van der Waals surface area (Å²) in [4.78, 5) is 28.8. The predicted octanol–water partition coefficient (Wildman–Crippen LogP) is 29.2. The molecule has 0 amide bonds. The van der Waals surface area contributed by atoms with Gasteiger partial charge in [-0.2, -0.15) is 0 Å². The number of anilines is 8. The third-order valence-corrected chi connectivity index (χ3v) is 25.0. The number of benzene rings is 16. The van der Waals surface area contributed by atoms with Crippen molar-refractivity contribution in [1.82, 2.24) is 9.97 Å². The highest BCUT2D eigenvalue weighted by atomic mass is 15.4. The van der Waals surface area contributed by atoms with Gasteiger partial charge in [-0.15, -0.1) is 0 Å². The van der Waals surface area contributed by atoms with E-state index in [1.165, 1.54) is 22.7 Å². The first-order valence-corrected chi connectivity index (χ1v) is 43.7. The van der Waals surface area contributed by atoms with Gasteiger partial charge in [0.05, 0.1) is 38.1 Å². The molecule has 128 heavy (non-hydrogen) atoms. The first kappa shape index (κ1) is 77.3. The number of aromatic nitrogens is 2. The molecule has 0 saturated carbocycles. The molecule has 2 aromatic heterocycles. The standard InChI is InChI=1S/C118H88N10/c1-5-25-97(26-6-1)121-65-69-125(81-121)101-55-45-85(46-56-101)105-33-13-19-39-111(105)91-73-92(112-40-20-14-34-106(112)86-47-57-102(58-48-86)126-70-66-122(82-126)98-27-7-2-8-28-98)76-95(75-91)115-43-23-17-37-109(115)89-53-63-117(119-79-89)118-64-54-90(80-120-118)110-38-18-24-44-116(110)96-77-93(113-41-21-15-35-107(113)87-49-59-103(60-50-87)127-71-67-123(83-127)99-29-9-3-10-30-99)74-94(78-96)114-42-22-16-36-108(114)88-51-61-104(62-52-88)128-72-68-124(84-128)100-31-11-4-12-32-100/h1-80H,81-84H2. The smallest absolute Gasteiger partial charge is 0.0989 e. The molecule has 4 aliphatic heterocycles. The summed E-state index contributed by atoms with van der Waals surface area (Å²) >= 11 is 0. The summed E-state index contributed by atoms with van der Waals surface area (Å²) in [5.41, 5.74) is 37.5. The van der Waals surface area contributed by atoms with Crippen molar-refractivity contribution in [1.29, 1.82) is 0 Å². The summed E-state index contributed by atoms with van der Waals surface area (Å²) in [6.07, 6.45) is 21.3. The monoisotopic (exact) mass is 1640 g/mol. The molecule has 0 radical (unpaired) electrons. The highest BCUT2D eigenvalue weighted by Crippen LogP contribution is 2.47. The lowest BCUT2D eigenvalue weighted by Crippen LogP contribution is -2.24. The van der Waals surface area contributed by atoms with Crippen molar-refractivity contribution in [2.24, 2.45) is 0 Å². The molecular formula is C118H88N10. The Bertz CT molecular complexity index is 6410. The molecule has 18 aromatic rings. The average Bonchev–Trinajstić information content (AvgIpc) is 0.987. The SMILES string of the molecule is C1=CN(c2ccc(-c3ccccc3-c3cc(-c4ccccc4-c4ccc(N5C=CN(c6ccccc6)C5)cc4)cc(-c4ccccc4-c4ccc(-c5ccc(-c6ccccc6-c6cc(-c7ccccc7-c7ccc(N8C=CN(c9ccccc9)C8)cc7)cc(-c7ccccc7-c7ccc(N8C=CN(c9ccccc9)C8)cc7)c6)cn5)nc4)c3)cc2)CN1c1ccccc1. The van der Waals surface area contributed by atoms with Crippen molar-refractivity contribution >= 4 is 45.5 Å². The highest BCUT2D eigenvalue weighted by molar-refractivity contribution is 5.98. The van der Waals surface area contributed by atoms with Gasteiger partial charge in [0.2, 0.25) is 0 Å². The fourth-order valence-corrected chi connectivity index (χ4v) is 18.3. The number of nitrogens with zero attached hydrogens (tertiary/aromatic N) is 10. The molecule has 0 atom stereocenters. The third-order valence-electron chi connectivity index (χ3n) is 25.0. The van der Waals surface area contributed by atoms with Crippen molar-refractivity contribution < 1.29 is 0 Å². The second kappa shape index (κ2) is 34.5. The normalized spacial score (nSPS) is 13.4. The quantitative estimate of drug-likeness (QED) is 0.0695. The molecule has 0 bridgehead atoms. The van der Waals surface area contributed by atoms with Crippen LogP contribution in [0, 0.1) is 0 Å². The summed E-state index contributed by atoms with van der Waals surface area (Å²) < 4.78 is 0. The van der Waals surface area contributed by atoms with E-state index in [0.717, 1.165) is 194 Å². The fraction of sp³-hybridized carbons (Fsp3) is 0.0339. The van der Waals surface area contributed by atoms with Crippen LogP contribution in [0.2, 0.25) is 0 Å². The van der Waals surface area contributed by atoms with Gasteiger partial charge in [0.1, 0.15) is 0 Å². The lowest BCUT2D eigenvalue weighted by atomic mass is 9.86. The van der Waals surface area contributed by atoms with Crippen LogP contribution in [0.25, 0.3) is 145 Å². The van der Waals surface area contributed by atoms with Crippen molar-refractivity contribution in [2.45, 2.75) is 0 Å². The minimum absolute atomic E-state index is 0.736. The maximum atomic E-state index is 5.26. The zero-order valence-electron chi connectivity index (χ0n) is 70.5. The van der Waals surface area contributed by atoms with E-state index in [1.54, 1.807) is 0 Å². The van der Waals surface area contributed by atoms with Gasteiger partial charge in [-0.1, -0.05) is 279 Å². The Balaban J connectivity index is 0.581. The first-order valence-electron chi connectivity index (χ1n) is 43.7. The molecule has 0 N–H and O–H groups in total. The van der Waals surface area contributed by atoms with Crippen LogP contribution >= 0.6 is 0 Å². The van der Waals surface area contributed by atoms with E-state index in [2.05, 4.69) is 513 Å². The zero-order valence-corrected chi connectivity index (χ0v) is 70.5. The maximum Gasteiger partial charge on any atom is 0.0989 e. The zero-order chi connectivity index (χ0) is 85.1. The molecule has 0 spiro atoms. The second-order valence-electron chi connectivity index (χ2n) is 32.8. The van der Waals surface area contributed by atoms with E-state index in [1.807, 2.05) is 12.4 Å². The van der Waals surface area contributed by atoms with Crippen LogP contribution in [0.15, 0.2) is 487 Å². The van der Waals surface area contributed by atoms with E-state index in [9.17, 15) is 0 Å². The van der Waals surface area contributed by atoms with Crippen molar-refractivity contribution in [2.75, 3.05) is 65.9 Å². The Morgan fingerprint density at radius 3 is 0.453 bits per heavy atom. The summed E-state index contributed by atoms with van der Waals surface area (Å²) in [5, 5.41) is 0. The Kier molecular flexibility index (Phi) is 20.8. The van der Waals surface area contributed by atoms with Crippen molar-refractivity contribution in [3.8, 4) is 145 Å². The molecule has 4 aliphatic rings. The number of hydrogen-bond acceptors (Lipinski definition) is 10. The van der Waals surface area contributed by atoms with Crippen LogP contribution in [0.5, 0.6) is 0 Å². The Labute approximate surface area is 748 Å². The predicted molar refractivity (Wildman–Crippen MR) is 534 cm³/mol. The Hall–Kier alpha value is -16.8. The summed E-state index contributed by atoms with van der Waals surface area (Å²) in [5.74, 6) is 0. The summed E-state index contributed by atoms with van der Waals surface area (Å²) in [6, 6.07) is 154. The van der Waals surface area contributed by atoms with Gasteiger partial charge >= 0.3 is 0 Å². The van der Waals surface area contributed by atoms with Crippen LogP contribution in [-0.2, 0) is 0 Å². The molecule has 22 rings (SSSR count). The number of hydrogen-bond donors (Lipinski definition) is 0. The lowest BCUT2D eigenvalue weighted by Gasteiger charge is -2.22. The number of pyridine rings is 2. The molecule has 610 valence electrons. The van der Waals surface area contributed by atoms with Crippen LogP contribution in [-0.4, -0.2) is 36.6 Å². The van der Waals surface area contributed by atoms with E-state index in [0.29, 0.717) is 0 Å². The van der Waals surface area contributed by atoms with Crippen molar-refractivity contribution in [3.05, 3.63) is 487 Å². The van der Waals surface area contributed by atoms with E-state index >= 15 is 0 Å². The minimum Gasteiger partial charge on any atom is -0.328 e. The van der Waals surface area contributed by atoms with Gasteiger partial charge in [0, 0.05) is 119 Å². The van der Waals surface area contributed by atoms with Gasteiger partial charge in [-0.05, 0) is 268 Å². The maximum absolute atomic E-state index is 5.26. The molecule has 0 unspecified atom stereocenters. The fourth-order valence-electron chi connectivity index (χ4n) is 18.3. The molecule has 10 nitrogen and oxygen atoms in total. The molecule has 6 heterocycles. The molecular weight excluding hydrogens is 1560 g/mol. The van der Waals surface area contributed by atoms with Gasteiger partial charge in [-0.25, -0.2) is 0 Å². The average molecular weight is 1650 g/mol. The molecule has 16 aromatic carbocycles. The molecule has 0 fully saturated rings.